The molecule has 3 rings (SSSR count). The van der Waals surface area contributed by atoms with E-state index in [9.17, 15) is 34.8 Å². The van der Waals surface area contributed by atoms with Gasteiger partial charge in [-0.3, -0.25) is 4.79 Å². The maximum absolute atomic E-state index is 13.4. The maximum Gasteiger partial charge on any atom is 0.490 e. The molecule has 3 aromatic rings. The number of anilines is 1. The van der Waals surface area contributed by atoms with E-state index in [1.54, 1.807) is 73.7 Å². The highest BCUT2D eigenvalue weighted by atomic mass is 32.2. The van der Waals surface area contributed by atoms with Gasteiger partial charge in [-0.15, -0.1) is 0 Å². The van der Waals surface area contributed by atoms with Crippen molar-refractivity contribution in [3.8, 4) is 11.1 Å². The molecule has 0 aliphatic carbocycles. The number of rotatable bonds is 10. The second-order valence-corrected chi connectivity index (χ2v) is 12.7. The molecular formula is C27H30F3N5O8S2. The fourth-order valence-electron chi connectivity index (χ4n) is 4.06. The zero-order chi connectivity index (χ0) is 34.2. The molecule has 45 heavy (non-hydrogen) atoms. The number of sulfonamides is 2. The Morgan fingerprint density at radius 2 is 1.58 bits per heavy atom. The Morgan fingerprint density at radius 1 is 1.00 bits per heavy atom. The van der Waals surface area contributed by atoms with Gasteiger partial charge in [0, 0.05) is 23.4 Å². The van der Waals surface area contributed by atoms with E-state index in [4.69, 9.17) is 26.0 Å². The number of carbonyl (C=O) groups is 2. The third-order valence-electron chi connectivity index (χ3n) is 6.05. The zero-order valence-electron chi connectivity index (χ0n) is 23.8. The number of amidine groups is 1. The third-order valence-corrected chi connectivity index (χ3v) is 8.38. The number of nitrogens with one attached hydrogen (secondary N) is 1. The number of nitrogens with zero attached hydrogens (tertiary/aromatic N) is 2. The van der Waals surface area contributed by atoms with Gasteiger partial charge in [-0.1, -0.05) is 60.6 Å². The summed E-state index contributed by atoms with van der Waals surface area (Å²) in [6.45, 7) is 1.69. The number of carboxylic acid groups (broad SMARTS) is 1. The predicted octanol–water partition coefficient (Wildman–Crippen LogP) is 2.56. The number of alkyl halides is 3. The first-order valence-corrected chi connectivity index (χ1v) is 16.1. The summed E-state index contributed by atoms with van der Waals surface area (Å²) >= 11 is 0. The molecule has 13 nitrogen and oxygen atoms in total. The summed E-state index contributed by atoms with van der Waals surface area (Å²) in [5, 5.41) is 27.1. The summed E-state index contributed by atoms with van der Waals surface area (Å²) in [4.78, 5) is 22.2. The Balaban J connectivity index is 0.000000900. The fraction of sp³-hybridized carbons (Fsp3) is 0.222. The van der Waals surface area contributed by atoms with Crippen molar-refractivity contribution < 1.29 is 49.9 Å². The molecule has 1 amide bonds. The first kappa shape index (κ1) is 36.7. The van der Waals surface area contributed by atoms with Crippen LogP contribution < -0.4 is 16.2 Å². The standard InChI is InChI=1S/C25H29N5O6S2.C2HF3O2/c1-3-30(37(2,33)34)22(16-17-7-6-8-19(15-17)24(26)29-32)25(31)28-20-13-11-18(12-14-20)21-9-4-5-10-23(21)38(27,35)36;3-2(4,5)1(6)7/h4-15,22,32H,3,16H2,1-2H3,(H2,26,29)(H,28,31)(H2,27,35,36);(H,6,7). The smallest absolute Gasteiger partial charge is 0.475 e. The lowest BCUT2D eigenvalue weighted by atomic mass is 10.0. The number of amides is 1. The van der Waals surface area contributed by atoms with Crippen molar-refractivity contribution >= 4 is 43.4 Å². The summed E-state index contributed by atoms with van der Waals surface area (Å²) in [6.07, 6.45) is -4.03. The minimum absolute atomic E-state index is 0.0269. The molecule has 0 saturated carbocycles. The molecule has 18 heteroatoms. The number of carboxylic acids is 1. The molecule has 0 bridgehead atoms. The van der Waals surface area contributed by atoms with Gasteiger partial charge in [0.1, 0.15) is 6.04 Å². The topological polar surface area (TPSA) is 223 Å². The number of primary sulfonamides is 1. The van der Waals surface area contributed by atoms with Crippen LogP contribution in [0.4, 0.5) is 18.9 Å². The Morgan fingerprint density at radius 3 is 2.07 bits per heavy atom. The Hall–Kier alpha value is -4.52. The lowest BCUT2D eigenvalue weighted by molar-refractivity contribution is -0.192. The molecule has 1 unspecified atom stereocenters. The Kier molecular flexibility index (Phi) is 12.2. The fourth-order valence-corrected chi connectivity index (χ4v) is 5.92. The van der Waals surface area contributed by atoms with Crippen LogP contribution >= 0.6 is 0 Å². The van der Waals surface area contributed by atoms with Crippen LogP contribution in [-0.2, 0) is 36.1 Å². The SMILES string of the molecule is CCN(C(Cc1cccc(/C(N)=N/O)c1)C(=O)Nc1ccc(-c2ccccc2S(N)(=O)=O)cc1)S(C)(=O)=O.O=C(O)C(F)(F)F. The van der Waals surface area contributed by atoms with Crippen LogP contribution in [0.25, 0.3) is 11.1 Å². The summed E-state index contributed by atoms with van der Waals surface area (Å²) < 4.78 is 81.7. The van der Waals surface area contributed by atoms with Gasteiger partial charge in [0.25, 0.3) is 0 Å². The van der Waals surface area contributed by atoms with Gasteiger partial charge in [-0.2, -0.15) is 17.5 Å². The molecule has 0 radical (unpaired) electrons. The Labute approximate surface area is 257 Å². The number of carbonyl (C=O) groups excluding carboxylic acids is 1. The van der Waals surface area contributed by atoms with E-state index < -0.39 is 44.1 Å². The van der Waals surface area contributed by atoms with Gasteiger partial charge in [0.05, 0.1) is 11.2 Å². The van der Waals surface area contributed by atoms with Crippen LogP contribution in [0.5, 0.6) is 0 Å². The number of halogens is 3. The van der Waals surface area contributed by atoms with E-state index in [1.807, 2.05) is 0 Å². The average Bonchev–Trinajstić information content (AvgIpc) is 2.96. The molecule has 0 heterocycles. The van der Waals surface area contributed by atoms with E-state index in [0.717, 1.165) is 10.6 Å². The molecule has 0 spiro atoms. The highest BCUT2D eigenvalue weighted by molar-refractivity contribution is 7.89. The van der Waals surface area contributed by atoms with Crippen LogP contribution in [0.3, 0.4) is 0 Å². The minimum atomic E-state index is -5.08. The second kappa shape index (κ2) is 15.0. The van der Waals surface area contributed by atoms with Gasteiger partial charge in [0.2, 0.25) is 26.0 Å². The zero-order valence-corrected chi connectivity index (χ0v) is 25.4. The van der Waals surface area contributed by atoms with Gasteiger partial charge in [0.15, 0.2) is 5.84 Å². The van der Waals surface area contributed by atoms with E-state index in [-0.39, 0.29) is 23.7 Å². The lowest BCUT2D eigenvalue weighted by Gasteiger charge is -2.28. The highest BCUT2D eigenvalue weighted by Gasteiger charge is 2.38. The van der Waals surface area contributed by atoms with Crippen LogP contribution in [0.1, 0.15) is 18.1 Å². The lowest BCUT2D eigenvalue weighted by Crippen LogP contribution is -2.48. The van der Waals surface area contributed by atoms with Gasteiger partial charge >= 0.3 is 12.1 Å². The first-order valence-electron chi connectivity index (χ1n) is 12.7. The summed E-state index contributed by atoms with van der Waals surface area (Å²) in [7, 11) is -7.70. The van der Waals surface area contributed by atoms with E-state index in [1.165, 1.54) is 6.07 Å². The van der Waals surface area contributed by atoms with Crippen molar-refractivity contribution in [2.75, 3.05) is 18.1 Å². The van der Waals surface area contributed by atoms with Gasteiger partial charge < -0.3 is 21.4 Å². The molecule has 244 valence electrons. The van der Waals surface area contributed by atoms with Crippen LogP contribution in [0.2, 0.25) is 0 Å². The molecule has 0 saturated heterocycles. The van der Waals surface area contributed by atoms with E-state index >= 15 is 0 Å². The van der Waals surface area contributed by atoms with E-state index in [2.05, 4.69) is 10.5 Å². The minimum Gasteiger partial charge on any atom is -0.475 e. The monoisotopic (exact) mass is 673 g/mol. The van der Waals surface area contributed by atoms with E-state index in [0.29, 0.717) is 27.9 Å². The number of likely N-dealkylation sites (N-methyl/N-ethyl adjacent to an activating group) is 1. The molecular weight excluding hydrogens is 643 g/mol. The number of aliphatic carboxylic acids is 1. The van der Waals surface area contributed by atoms with Gasteiger partial charge in [-0.25, -0.2) is 26.8 Å². The predicted molar refractivity (Wildman–Crippen MR) is 159 cm³/mol. The van der Waals surface area contributed by atoms with Gasteiger partial charge in [-0.05, 0) is 41.8 Å². The molecule has 0 aliphatic heterocycles. The van der Waals surface area contributed by atoms with Crippen molar-refractivity contribution in [3.63, 3.8) is 0 Å². The largest absolute Gasteiger partial charge is 0.490 e. The quantitative estimate of drug-likeness (QED) is 0.0922. The normalized spacial score (nSPS) is 13.0. The van der Waals surface area contributed by atoms with Crippen LogP contribution in [0.15, 0.2) is 82.8 Å². The molecule has 1 atom stereocenters. The number of nitrogens with two attached hydrogens (primary N) is 2. The Bertz CT molecular complexity index is 1770. The van der Waals surface area contributed by atoms with Crippen LogP contribution in [0, 0.1) is 0 Å². The van der Waals surface area contributed by atoms with Crippen molar-refractivity contribution in [2.45, 2.75) is 30.5 Å². The molecule has 0 aliphatic rings. The number of oxime groups is 1. The number of hydrogen-bond acceptors (Lipinski definition) is 8. The van der Waals surface area contributed by atoms with Crippen molar-refractivity contribution in [3.05, 3.63) is 83.9 Å². The third kappa shape index (κ3) is 10.6. The number of benzene rings is 3. The maximum atomic E-state index is 13.4. The van der Waals surface area contributed by atoms with Crippen molar-refractivity contribution in [2.24, 2.45) is 16.0 Å². The summed E-state index contributed by atoms with van der Waals surface area (Å²) in [5.74, 6) is -3.44. The van der Waals surface area contributed by atoms with Crippen molar-refractivity contribution in [1.29, 1.82) is 0 Å². The highest BCUT2D eigenvalue weighted by Crippen LogP contribution is 2.28. The summed E-state index contributed by atoms with van der Waals surface area (Å²) in [5.41, 5.74) is 8.05. The molecule has 0 fully saturated rings. The van der Waals surface area contributed by atoms with Crippen LogP contribution in [-0.4, -0.2) is 74.2 Å². The van der Waals surface area contributed by atoms with Crippen molar-refractivity contribution in [1.82, 2.24) is 4.31 Å². The molecule has 7 N–H and O–H groups in total. The molecule has 3 aromatic carbocycles. The average molecular weight is 674 g/mol. The first-order chi connectivity index (χ1) is 20.8. The molecule has 0 aromatic heterocycles. The second-order valence-electron chi connectivity index (χ2n) is 9.28. The number of hydrogen-bond donors (Lipinski definition) is 5. The summed E-state index contributed by atoms with van der Waals surface area (Å²) in [6, 6.07) is 18.2.